The quantitative estimate of drug-likeness (QED) is 0.795. The van der Waals surface area contributed by atoms with E-state index in [0.717, 1.165) is 5.56 Å². The van der Waals surface area contributed by atoms with Gasteiger partial charge in [-0.25, -0.2) is 18.2 Å². The van der Waals surface area contributed by atoms with E-state index in [1.54, 1.807) is 6.20 Å². The molecule has 1 aromatic rings. The van der Waals surface area contributed by atoms with Crippen molar-refractivity contribution in [3.05, 3.63) is 28.2 Å². The van der Waals surface area contributed by atoms with Crippen LogP contribution in [0.15, 0.2) is 16.9 Å². The van der Waals surface area contributed by atoms with Gasteiger partial charge in [0.15, 0.2) is 5.82 Å². The monoisotopic (exact) mass is 308 g/mol. The zero-order valence-electron chi connectivity index (χ0n) is 9.04. The van der Waals surface area contributed by atoms with Gasteiger partial charge in [-0.15, -0.1) is 0 Å². The fraction of sp³-hybridized carbons (Fsp3) is 0.545. The van der Waals surface area contributed by atoms with E-state index in [-0.39, 0.29) is 16.9 Å². The minimum atomic E-state index is -2.23. The number of nitrogens with zero attached hydrogens (tertiary/aromatic N) is 2. The van der Waals surface area contributed by atoms with Crippen molar-refractivity contribution in [2.75, 3.05) is 13.1 Å². The Morgan fingerprint density at radius 1 is 1.47 bits per heavy atom. The SMILES string of the molecule is Fc1cc(CN2CC(CC(F)F)C2)cnc1Br. The number of likely N-dealkylation sites (tertiary alicyclic amines) is 1. The van der Waals surface area contributed by atoms with Crippen LogP contribution in [-0.4, -0.2) is 29.4 Å². The normalized spacial score (nSPS) is 17.5. The standard InChI is InChI=1S/C11H12BrF3N2/c12-11-9(13)1-7(3-16-11)4-17-5-8(6-17)2-10(14)15/h1,3,8,10H,2,4-6H2. The number of pyridine rings is 1. The van der Waals surface area contributed by atoms with Crippen molar-refractivity contribution in [3.8, 4) is 0 Å². The van der Waals surface area contributed by atoms with Gasteiger partial charge in [-0.1, -0.05) is 0 Å². The summed E-state index contributed by atoms with van der Waals surface area (Å²) in [5, 5.41) is 0. The zero-order chi connectivity index (χ0) is 12.4. The molecule has 0 atom stereocenters. The van der Waals surface area contributed by atoms with Gasteiger partial charge < -0.3 is 0 Å². The Morgan fingerprint density at radius 3 is 2.76 bits per heavy atom. The largest absolute Gasteiger partial charge is 0.298 e. The first-order valence-electron chi connectivity index (χ1n) is 5.35. The molecule has 1 aliphatic heterocycles. The fourth-order valence-electron chi connectivity index (χ4n) is 2.01. The topological polar surface area (TPSA) is 16.1 Å². The van der Waals surface area contributed by atoms with Gasteiger partial charge in [0, 0.05) is 32.3 Å². The van der Waals surface area contributed by atoms with Crippen molar-refractivity contribution >= 4 is 15.9 Å². The van der Waals surface area contributed by atoms with Gasteiger partial charge >= 0.3 is 0 Å². The molecule has 2 rings (SSSR count). The van der Waals surface area contributed by atoms with Crippen LogP contribution in [0.1, 0.15) is 12.0 Å². The molecule has 1 aliphatic rings. The van der Waals surface area contributed by atoms with E-state index in [4.69, 9.17) is 0 Å². The average molecular weight is 309 g/mol. The third kappa shape index (κ3) is 3.42. The van der Waals surface area contributed by atoms with E-state index >= 15 is 0 Å². The maximum Gasteiger partial charge on any atom is 0.239 e. The second-order valence-electron chi connectivity index (χ2n) is 4.30. The summed E-state index contributed by atoms with van der Waals surface area (Å²) in [5.41, 5.74) is 0.765. The number of rotatable bonds is 4. The highest BCUT2D eigenvalue weighted by Crippen LogP contribution is 2.24. The molecule has 0 aliphatic carbocycles. The van der Waals surface area contributed by atoms with Crippen LogP contribution in [-0.2, 0) is 6.54 Å². The Labute approximate surface area is 106 Å². The van der Waals surface area contributed by atoms with Gasteiger partial charge in [-0.2, -0.15) is 0 Å². The highest BCUT2D eigenvalue weighted by Gasteiger charge is 2.29. The van der Waals surface area contributed by atoms with Gasteiger partial charge in [-0.05, 0) is 33.5 Å². The van der Waals surface area contributed by atoms with Crippen molar-refractivity contribution in [2.45, 2.75) is 19.4 Å². The van der Waals surface area contributed by atoms with Crippen LogP contribution >= 0.6 is 15.9 Å². The molecule has 1 aromatic heterocycles. The summed E-state index contributed by atoms with van der Waals surface area (Å²) >= 11 is 2.98. The predicted octanol–water partition coefficient (Wildman–Crippen LogP) is 3.07. The molecule has 0 bridgehead atoms. The molecule has 0 unspecified atom stereocenters. The molecule has 2 heterocycles. The van der Waals surface area contributed by atoms with E-state index < -0.39 is 12.2 Å². The molecular weight excluding hydrogens is 297 g/mol. The highest BCUT2D eigenvalue weighted by molar-refractivity contribution is 9.10. The Bertz CT molecular complexity index is 394. The lowest BCUT2D eigenvalue weighted by molar-refractivity contribution is 0.0316. The van der Waals surface area contributed by atoms with Gasteiger partial charge in [-0.3, -0.25) is 4.90 Å². The fourth-order valence-corrected chi connectivity index (χ4v) is 2.23. The Balaban J connectivity index is 1.81. The van der Waals surface area contributed by atoms with Crippen molar-refractivity contribution in [1.82, 2.24) is 9.88 Å². The summed E-state index contributed by atoms with van der Waals surface area (Å²) < 4.78 is 37.5. The third-order valence-corrected chi connectivity index (χ3v) is 3.39. The van der Waals surface area contributed by atoms with Crippen molar-refractivity contribution in [2.24, 2.45) is 5.92 Å². The molecule has 0 radical (unpaired) electrons. The molecule has 0 aromatic carbocycles. The molecule has 94 valence electrons. The van der Waals surface area contributed by atoms with Crippen LogP contribution in [0.5, 0.6) is 0 Å². The summed E-state index contributed by atoms with van der Waals surface area (Å²) in [4.78, 5) is 5.86. The van der Waals surface area contributed by atoms with Crippen LogP contribution in [0.25, 0.3) is 0 Å². The minimum Gasteiger partial charge on any atom is -0.298 e. The van der Waals surface area contributed by atoms with Gasteiger partial charge in [0.25, 0.3) is 0 Å². The number of alkyl halides is 2. The molecule has 17 heavy (non-hydrogen) atoms. The second-order valence-corrected chi connectivity index (χ2v) is 5.05. The highest BCUT2D eigenvalue weighted by atomic mass is 79.9. The Kier molecular flexibility index (Phi) is 4.04. The lowest BCUT2D eigenvalue weighted by Crippen LogP contribution is -2.46. The Hall–Kier alpha value is -0.620. The van der Waals surface area contributed by atoms with E-state index in [9.17, 15) is 13.2 Å². The number of halogens is 4. The molecule has 0 N–H and O–H groups in total. The first kappa shape index (κ1) is 12.8. The summed E-state index contributed by atoms with van der Waals surface area (Å²) in [6.07, 6.45) is -0.675. The zero-order valence-corrected chi connectivity index (χ0v) is 10.6. The van der Waals surface area contributed by atoms with Crippen LogP contribution in [0, 0.1) is 11.7 Å². The lowest BCUT2D eigenvalue weighted by atomic mass is 9.96. The third-order valence-electron chi connectivity index (χ3n) is 2.80. The summed E-state index contributed by atoms with van der Waals surface area (Å²) in [6, 6.07) is 1.41. The number of aromatic nitrogens is 1. The number of hydrogen-bond acceptors (Lipinski definition) is 2. The molecule has 6 heteroatoms. The van der Waals surface area contributed by atoms with E-state index in [2.05, 4.69) is 20.9 Å². The molecule has 0 spiro atoms. The predicted molar refractivity (Wildman–Crippen MR) is 61.3 cm³/mol. The summed E-state index contributed by atoms with van der Waals surface area (Å²) in [6.45, 7) is 1.88. The first-order chi connectivity index (χ1) is 8.04. The first-order valence-corrected chi connectivity index (χ1v) is 6.14. The molecule has 2 nitrogen and oxygen atoms in total. The van der Waals surface area contributed by atoms with Crippen LogP contribution in [0.2, 0.25) is 0 Å². The number of hydrogen-bond donors (Lipinski definition) is 0. The minimum absolute atomic E-state index is 0.0382. The Morgan fingerprint density at radius 2 is 2.18 bits per heavy atom. The van der Waals surface area contributed by atoms with E-state index in [1.165, 1.54) is 6.07 Å². The van der Waals surface area contributed by atoms with Gasteiger partial charge in [0.1, 0.15) is 4.60 Å². The smallest absolute Gasteiger partial charge is 0.239 e. The lowest BCUT2D eigenvalue weighted by Gasteiger charge is -2.39. The second kappa shape index (κ2) is 5.35. The molecule has 1 saturated heterocycles. The maximum absolute atomic E-state index is 13.2. The van der Waals surface area contributed by atoms with Gasteiger partial charge in [0.2, 0.25) is 6.43 Å². The van der Waals surface area contributed by atoms with E-state index in [1.807, 2.05) is 4.90 Å². The maximum atomic E-state index is 13.2. The summed E-state index contributed by atoms with van der Waals surface area (Å²) in [5.74, 6) is -0.324. The van der Waals surface area contributed by atoms with Crippen molar-refractivity contribution in [3.63, 3.8) is 0 Å². The summed E-state index contributed by atoms with van der Waals surface area (Å²) in [7, 11) is 0. The van der Waals surface area contributed by atoms with Crippen LogP contribution < -0.4 is 0 Å². The molecule has 1 fully saturated rings. The van der Waals surface area contributed by atoms with Crippen molar-refractivity contribution in [1.29, 1.82) is 0 Å². The molecule has 0 saturated carbocycles. The van der Waals surface area contributed by atoms with E-state index in [0.29, 0.717) is 19.6 Å². The van der Waals surface area contributed by atoms with Crippen LogP contribution in [0.3, 0.4) is 0 Å². The van der Waals surface area contributed by atoms with Crippen molar-refractivity contribution < 1.29 is 13.2 Å². The molecule has 0 amide bonds. The van der Waals surface area contributed by atoms with Crippen LogP contribution in [0.4, 0.5) is 13.2 Å². The molecular formula is C11H12BrF3N2. The van der Waals surface area contributed by atoms with Gasteiger partial charge in [0.05, 0.1) is 0 Å². The average Bonchev–Trinajstić information content (AvgIpc) is 2.19.